The molecular formula is C11H16ClF2N. The van der Waals surface area contributed by atoms with Crippen LogP contribution in [0.3, 0.4) is 0 Å². The van der Waals surface area contributed by atoms with Crippen LogP contribution in [0.15, 0.2) is 42.2 Å². The van der Waals surface area contributed by atoms with Gasteiger partial charge in [0.2, 0.25) is 0 Å². The monoisotopic (exact) mass is 235 g/mol. The van der Waals surface area contributed by atoms with E-state index in [-0.39, 0.29) is 18.2 Å². The second-order valence-electron chi connectivity index (χ2n) is 2.62. The van der Waals surface area contributed by atoms with Gasteiger partial charge in [0.25, 0.3) is 0 Å². The summed E-state index contributed by atoms with van der Waals surface area (Å²) in [6.45, 7) is 2.21. The molecule has 0 aliphatic carbocycles. The van der Waals surface area contributed by atoms with Gasteiger partial charge in [-0.15, -0.1) is 12.4 Å². The maximum absolute atomic E-state index is 11.9. The molecule has 0 aliphatic rings. The summed E-state index contributed by atoms with van der Waals surface area (Å²) in [5.74, 6) is -0.178. The van der Waals surface area contributed by atoms with Gasteiger partial charge in [0.1, 0.15) is 5.82 Å². The van der Waals surface area contributed by atoms with E-state index in [1.165, 1.54) is 12.1 Å². The standard InChI is InChI=1S/C6H5F.C5H10FN.ClH/c7-6-4-2-1-3-5-6;1-2-5(3-6)4-7;/h1-5H;3H,2,4,7H2,1H3;1H. The number of hydrogen-bond donors (Lipinski definition) is 1. The predicted octanol–water partition coefficient (Wildman–Crippen LogP) is 3.46. The van der Waals surface area contributed by atoms with E-state index in [0.717, 1.165) is 0 Å². The third-order valence-corrected chi connectivity index (χ3v) is 1.60. The zero-order valence-corrected chi connectivity index (χ0v) is 9.44. The Kier molecular flexibility index (Phi) is 12.3. The molecule has 0 amide bonds. The van der Waals surface area contributed by atoms with Crippen LogP contribution < -0.4 is 5.73 Å². The predicted molar refractivity (Wildman–Crippen MR) is 62.2 cm³/mol. The first kappa shape index (κ1) is 16.5. The largest absolute Gasteiger partial charge is 0.327 e. The lowest BCUT2D eigenvalue weighted by molar-refractivity contribution is 0.628. The fraction of sp³-hybridized carbons (Fsp3) is 0.273. The van der Waals surface area contributed by atoms with Gasteiger partial charge >= 0.3 is 0 Å². The average Bonchev–Trinajstić information content (AvgIpc) is 2.22. The van der Waals surface area contributed by atoms with E-state index < -0.39 is 0 Å². The second-order valence-corrected chi connectivity index (χ2v) is 2.62. The molecular weight excluding hydrogens is 220 g/mol. The second kappa shape index (κ2) is 11.1. The zero-order valence-electron chi connectivity index (χ0n) is 8.62. The number of halogens is 3. The highest BCUT2D eigenvalue weighted by atomic mass is 35.5. The van der Waals surface area contributed by atoms with E-state index in [0.29, 0.717) is 24.9 Å². The van der Waals surface area contributed by atoms with Gasteiger partial charge in [-0.1, -0.05) is 25.1 Å². The molecule has 15 heavy (non-hydrogen) atoms. The Balaban J connectivity index is 0. The Morgan fingerprint density at radius 2 is 1.87 bits per heavy atom. The average molecular weight is 236 g/mol. The first-order valence-electron chi connectivity index (χ1n) is 4.43. The lowest BCUT2D eigenvalue weighted by Crippen LogP contribution is -2.00. The van der Waals surface area contributed by atoms with Gasteiger partial charge in [-0.25, -0.2) is 8.78 Å². The van der Waals surface area contributed by atoms with Crippen LogP contribution in [0.25, 0.3) is 0 Å². The fourth-order valence-electron chi connectivity index (χ4n) is 0.681. The molecule has 4 heteroatoms. The lowest BCUT2D eigenvalue weighted by Gasteiger charge is -1.91. The fourth-order valence-corrected chi connectivity index (χ4v) is 0.681. The Morgan fingerprint density at radius 1 is 1.33 bits per heavy atom. The molecule has 0 saturated carbocycles. The van der Waals surface area contributed by atoms with Crippen LogP contribution in [0.4, 0.5) is 8.78 Å². The van der Waals surface area contributed by atoms with Crippen LogP contribution in [0.1, 0.15) is 13.3 Å². The molecule has 0 aliphatic heterocycles. The summed E-state index contributed by atoms with van der Waals surface area (Å²) in [5.41, 5.74) is 5.75. The van der Waals surface area contributed by atoms with E-state index in [2.05, 4.69) is 0 Å². The molecule has 0 radical (unpaired) electrons. The van der Waals surface area contributed by atoms with Crippen LogP contribution in [-0.2, 0) is 0 Å². The third-order valence-electron chi connectivity index (χ3n) is 1.60. The van der Waals surface area contributed by atoms with E-state index in [4.69, 9.17) is 5.73 Å². The quantitative estimate of drug-likeness (QED) is 0.835. The topological polar surface area (TPSA) is 26.0 Å². The van der Waals surface area contributed by atoms with E-state index in [9.17, 15) is 8.78 Å². The summed E-state index contributed by atoms with van der Waals surface area (Å²) < 4.78 is 23.3. The summed E-state index contributed by atoms with van der Waals surface area (Å²) in [7, 11) is 0. The van der Waals surface area contributed by atoms with E-state index in [1.807, 2.05) is 6.92 Å². The third kappa shape index (κ3) is 9.38. The van der Waals surface area contributed by atoms with Crippen molar-refractivity contribution in [1.29, 1.82) is 0 Å². The molecule has 1 nitrogen and oxygen atoms in total. The van der Waals surface area contributed by atoms with Crippen molar-refractivity contribution in [2.75, 3.05) is 6.54 Å². The summed E-state index contributed by atoms with van der Waals surface area (Å²) in [4.78, 5) is 0. The molecule has 1 rings (SSSR count). The molecule has 0 bridgehead atoms. The molecule has 0 fully saturated rings. The normalized spacial score (nSPS) is 9.73. The van der Waals surface area contributed by atoms with Crippen LogP contribution >= 0.6 is 12.4 Å². The summed E-state index contributed by atoms with van der Waals surface area (Å²) >= 11 is 0. The van der Waals surface area contributed by atoms with Gasteiger partial charge in [0.05, 0.1) is 6.33 Å². The van der Waals surface area contributed by atoms with Crippen molar-refractivity contribution in [1.82, 2.24) is 0 Å². The minimum Gasteiger partial charge on any atom is -0.327 e. The van der Waals surface area contributed by atoms with Crippen molar-refractivity contribution in [3.63, 3.8) is 0 Å². The molecule has 0 unspecified atom stereocenters. The van der Waals surface area contributed by atoms with Gasteiger partial charge in [0, 0.05) is 6.54 Å². The number of hydrogen-bond acceptors (Lipinski definition) is 1. The first-order valence-corrected chi connectivity index (χ1v) is 4.43. The van der Waals surface area contributed by atoms with Gasteiger partial charge < -0.3 is 5.73 Å². The van der Waals surface area contributed by atoms with Crippen molar-refractivity contribution in [3.05, 3.63) is 48.1 Å². The molecule has 0 atom stereocenters. The first-order chi connectivity index (χ1) is 6.74. The molecule has 0 saturated heterocycles. The summed E-state index contributed by atoms with van der Waals surface area (Å²) in [5, 5.41) is 0. The molecule has 0 spiro atoms. The van der Waals surface area contributed by atoms with Gasteiger partial charge in [-0.2, -0.15) is 0 Å². The molecule has 0 aromatic heterocycles. The summed E-state index contributed by atoms with van der Waals surface area (Å²) in [6.07, 6.45) is 1.28. The zero-order chi connectivity index (χ0) is 10.8. The van der Waals surface area contributed by atoms with Gasteiger partial charge in [-0.3, -0.25) is 0 Å². The van der Waals surface area contributed by atoms with Crippen LogP contribution in [-0.4, -0.2) is 6.54 Å². The highest BCUT2D eigenvalue weighted by molar-refractivity contribution is 5.85. The van der Waals surface area contributed by atoms with Crippen molar-refractivity contribution in [2.24, 2.45) is 5.73 Å². The molecule has 0 heterocycles. The van der Waals surface area contributed by atoms with Gasteiger partial charge in [-0.05, 0) is 24.1 Å². The molecule has 2 N–H and O–H groups in total. The Bertz CT molecular complexity index is 257. The molecule has 86 valence electrons. The Hall–Kier alpha value is -0.930. The maximum Gasteiger partial charge on any atom is 0.123 e. The van der Waals surface area contributed by atoms with E-state index >= 15 is 0 Å². The van der Waals surface area contributed by atoms with Crippen molar-refractivity contribution >= 4 is 12.4 Å². The minimum absolute atomic E-state index is 0. The van der Waals surface area contributed by atoms with Crippen LogP contribution in [0, 0.1) is 5.82 Å². The van der Waals surface area contributed by atoms with Crippen LogP contribution in [0.2, 0.25) is 0 Å². The highest BCUT2D eigenvalue weighted by Crippen LogP contribution is 1.95. The van der Waals surface area contributed by atoms with Crippen molar-refractivity contribution in [3.8, 4) is 0 Å². The molecule has 1 aromatic rings. The minimum atomic E-state index is -0.178. The smallest absolute Gasteiger partial charge is 0.123 e. The number of nitrogens with two attached hydrogens (primary N) is 1. The van der Waals surface area contributed by atoms with Crippen molar-refractivity contribution < 1.29 is 8.78 Å². The van der Waals surface area contributed by atoms with Crippen LogP contribution in [0.5, 0.6) is 0 Å². The van der Waals surface area contributed by atoms with Crippen molar-refractivity contribution in [2.45, 2.75) is 13.3 Å². The number of rotatable bonds is 2. The van der Waals surface area contributed by atoms with E-state index in [1.54, 1.807) is 18.2 Å². The lowest BCUT2D eigenvalue weighted by atomic mass is 10.2. The highest BCUT2D eigenvalue weighted by Gasteiger charge is 1.84. The molecule has 1 aromatic carbocycles. The summed E-state index contributed by atoms with van der Waals surface area (Å²) in [6, 6.07) is 7.94. The maximum atomic E-state index is 11.9. The number of benzene rings is 1. The SMILES string of the molecule is CCC(=CF)CN.Cl.Fc1ccccc1. The Morgan fingerprint density at radius 3 is 2.00 bits per heavy atom. The van der Waals surface area contributed by atoms with Gasteiger partial charge in [0.15, 0.2) is 0 Å². The Labute approximate surface area is 95.4 Å².